The summed E-state index contributed by atoms with van der Waals surface area (Å²) < 4.78 is 15.3. The Morgan fingerprint density at radius 2 is 2.05 bits per heavy atom. The van der Waals surface area contributed by atoms with Gasteiger partial charge in [-0.15, -0.1) is 0 Å². The van der Waals surface area contributed by atoms with E-state index in [1.54, 1.807) is 6.07 Å². The molecule has 0 saturated carbocycles. The molecule has 2 aromatic rings. The van der Waals surface area contributed by atoms with Gasteiger partial charge in [0.1, 0.15) is 5.82 Å². The topological polar surface area (TPSA) is 38.0 Å². The highest BCUT2D eigenvalue weighted by Crippen LogP contribution is 2.25. The molecule has 0 heterocycles. The molecular weight excluding hydrogens is 422 g/mol. The molecular formula is C14H13BrFIN2. The maximum Gasteiger partial charge on any atom is 0.123 e. The molecule has 19 heavy (non-hydrogen) atoms. The van der Waals surface area contributed by atoms with Gasteiger partial charge in [0.25, 0.3) is 0 Å². The Kier molecular flexibility index (Phi) is 5.32. The molecule has 2 aromatic carbocycles. The first kappa shape index (κ1) is 14.9. The molecule has 100 valence electrons. The second kappa shape index (κ2) is 6.78. The van der Waals surface area contributed by atoms with Gasteiger partial charge in [-0.1, -0.05) is 28.1 Å². The van der Waals surface area contributed by atoms with Crippen molar-refractivity contribution in [2.75, 3.05) is 0 Å². The first-order valence-corrected chi connectivity index (χ1v) is 7.63. The zero-order chi connectivity index (χ0) is 13.8. The molecule has 2 nitrogen and oxygen atoms in total. The van der Waals surface area contributed by atoms with Crippen LogP contribution in [0.5, 0.6) is 0 Å². The minimum atomic E-state index is -0.239. The van der Waals surface area contributed by atoms with Crippen LogP contribution >= 0.6 is 38.5 Å². The summed E-state index contributed by atoms with van der Waals surface area (Å²) in [6.07, 6.45) is 0.620. The van der Waals surface area contributed by atoms with E-state index in [0.29, 0.717) is 6.42 Å². The summed E-state index contributed by atoms with van der Waals surface area (Å²) in [4.78, 5) is 0. The Balaban J connectivity index is 2.26. The highest BCUT2D eigenvalue weighted by atomic mass is 127. The predicted molar refractivity (Wildman–Crippen MR) is 87.0 cm³/mol. The minimum absolute atomic E-state index is 0.0483. The number of nitrogens with one attached hydrogen (secondary N) is 1. The van der Waals surface area contributed by atoms with E-state index in [1.165, 1.54) is 12.1 Å². The van der Waals surface area contributed by atoms with Gasteiger partial charge in [-0.3, -0.25) is 11.3 Å². The van der Waals surface area contributed by atoms with Gasteiger partial charge in [-0.2, -0.15) is 0 Å². The van der Waals surface area contributed by atoms with Crippen molar-refractivity contribution in [1.29, 1.82) is 0 Å². The molecule has 0 amide bonds. The minimum Gasteiger partial charge on any atom is -0.271 e. The average Bonchev–Trinajstić information content (AvgIpc) is 2.39. The summed E-state index contributed by atoms with van der Waals surface area (Å²) in [5.74, 6) is 5.39. The smallest absolute Gasteiger partial charge is 0.123 e. The summed E-state index contributed by atoms with van der Waals surface area (Å²) >= 11 is 5.70. The van der Waals surface area contributed by atoms with Gasteiger partial charge in [-0.05, 0) is 70.5 Å². The fraction of sp³-hybridized carbons (Fsp3) is 0.143. The molecule has 0 bridgehead atoms. The van der Waals surface area contributed by atoms with Crippen LogP contribution in [0.2, 0.25) is 0 Å². The SMILES string of the molecule is NNC(Cc1cc(F)ccc1Br)c1cccc(I)c1. The van der Waals surface area contributed by atoms with E-state index in [0.717, 1.165) is 19.2 Å². The van der Waals surface area contributed by atoms with Crippen LogP contribution in [0, 0.1) is 9.39 Å². The van der Waals surface area contributed by atoms with E-state index in [2.05, 4.69) is 50.0 Å². The van der Waals surface area contributed by atoms with Crippen molar-refractivity contribution in [3.05, 3.63) is 67.5 Å². The van der Waals surface area contributed by atoms with E-state index in [9.17, 15) is 4.39 Å². The molecule has 0 aliphatic heterocycles. The summed E-state index contributed by atoms with van der Waals surface area (Å²) in [5.41, 5.74) is 4.77. The fourth-order valence-electron chi connectivity index (χ4n) is 1.92. The lowest BCUT2D eigenvalue weighted by Gasteiger charge is -2.17. The molecule has 0 spiro atoms. The summed E-state index contributed by atoms with van der Waals surface area (Å²) in [7, 11) is 0. The number of nitrogens with two attached hydrogens (primary N) is 1. The summed E-state index contributed by atoms with van der Waals surface area (Å²) in [5, 5.41) is 0. The zero-order valence-electron chi connectivity index (χ0n) is 10.0. The maximum atomic E-state index is 13.3. The molecule has 0 aliphatic carbocycles. The largest absolute Gasteiger partial charge is 0.271 e. The Hall–Kier alpha value is -0.500. The molecule has 0 aliphatic rings. The van der Waals surface area contributed by atoms with Gasteiger partial charge < -0.3 is 0 Å². The predicted octanol–water partition coefficient (Wildman–Crippen LogP) is 3.94. The van der Waals surface area contributed by atoms with Crippen LogP contribution in [0.4, 0.5) is 4.39 Å². The van der Waals surface area contributed by atoms with Crippen LogP contribution < -0.4 is 11.3 Å². The lowest BCUT2D eigenvalue weighted by Crippen LogP contribution is -2.29. The first-order chi connectivity index (χ1) is 9.10. The molecule has 0 fully saturated rings. The van der Waals surface area contributed by atoms with Gasteiger partial charge >= 0.3 is 0 Å². The Morgan fingerprint density at radius 3 is 2.74 bits per heavy atom. The van der Waals surface area contributed by atoms with Crippen molar-refractivity contribution in [3.8, 4) is 0 Å². The molecule has 0 radical (unpaired) electrons. The number of benzene rings is 2. The van der Waals surface area contributed by atoms with Crippen LogP contribution in [0.3, 0.4) is 0 Å². The molecule has 1 unspecified atom stereocenters. The third-order valence-electron chi connectivity index (χ3n) is 2.88. The first-order valence-electron chi connectivity index (χ1n) is 5.75. The Labute approximate surface area is 133 Å². The van der Waals surface area contributed by atoms with E-state index in [4.69, 9.17) is 5.84 Å². The van der Waals surface area contributed by atoms with Crippen LogP contribution in [0.25, 0.3) is 0 Å². The second-order valence-electron chi connectivity index (χ2n) is 4.21. The lowest BCUT2D eigenvalue weighted by atomic mass is 9.99. The van der Waals surface area contributed by atoms with Crippen LogP contribution in [-0.4, -0.2) is 0 Å². The van der Waals surface area contributed by atoms with E-state index in [1.807, 2.05) is 18.2 Å². The van der Waals surface area contributed by atoms with Crippen molar-refractivity contribution in [1.82, 2.24) is 5.43 Å². The Morgan fingerprint density at radius 1 is 1.26 bits per heavy atom. The van der Waals surface area contributed by atoms with Crippen molar-refractivity contribution in [2.24, 2.45) is 5.84 Å². The molecule has 0 saturated heterocycles. The summed E-state index contributed by atoms with van der Waals surface area (Å²) in [6.45, 7) is 0. The number of hydrogen-bond acceptors (Lipinski definition) is 2. The van der Waals surface area contributed by atoms with Crippen LogP contribution in [-0.2, 0) is 6.42 Å². The quantitative estimate of drug-likeness (QED) is 0.434. The van der Waals surface area contributed by atoms with Gasteiger partial charge in [-0.25, -0.2) is 4.39 Å². The number of halogens is 3. The summed E-state index contributed by atoms with van der Waals surface area (Å²) in [6, 6.07) is 12.7. The van der Waals surface area contributed by atoms with Gasteiger partial charge in [0.15, 0.2) is 0 Å². The van der Waals surface area contributed by atoms with Crippen molar-refractivity contribution >= 4 is 38.5 Å². The average molecular weight is 435 g/mol. The van der Waals surface area contributed by atoms with Crippen LogP contribution in [0.15, 0.2) is 46.9 Å². The Bertz CT molecular complexity index is 577. The van der Waals surface area contributed by atoms with Crippen molar-refractivity contribution in [3.63, 3.8) is 0 Å². The molecule has 1 atom stereocenters. The third kappa shape index (κ3) is 3.98. The van der Waals surface area contributed by atoms with Gasteiger partial charge in [0.2, 0.25) is 0 Å². The normalized spacial score (nSPS) is 12.4. The van der Waals surface area contributed by atoms with Gasteiger partial charge in [0.05, 0.1) is 6.04 Å². The number of rotatable bonds is 4. The van der Waals surface area contributed by atoms with Crippen LogP contribution in [0.1, 0.15) is 17.2 Å². The van der Waals surface area contributed by atoms with E-state index < -0.39 is 0 Å². The highest BCUT2D eigenvalue weighted by Gasteiger charge is 2.13. The standard InChI is InChI=1S/C14H13BrFIN2/c15-13-5-4-11(16)6-10(13)8-14(19-18)9-2-1-3-12(17)7-9/h1-7,14,19H,8,18H2. The second-order valence-corrected chi connectivity index (χ2v) is 6.31. The van der Waals surface area contributed by atoms with E-state index >= 15 is 0 Å². The third-order valence-corrected chi connectivity index (χ3v) is 4.33. The molecule has 2 rings (SSSR count). The van der Waals surface area contributed by atoms with Crippen molar-refractivity contribution < 1.29 is 4.39 Å². The number of hydrogen-bond donors (Lipinski definition) is 2. The maximum absolute atomic E-state index is 13.3. The molecule has 5 heteroatoms. The molecule has 3 N–H and O–H groups in total. The highest BCUT2D eigenvalue weighted by molar-refractivity contribution is 14.1. The van der Waals surface area contributed by atoms with Gasteiger partial charge in [0, 0.05) is 8.04 Å². The zero-order valence-corrected chi connectivity index (χ0v) is 13.8. The fourth-order valence-corrected chi connectivity index (χ4v) is 2.89. The lowest BCUT2D eigenvalue weighted by molar-refractivity contribution is 0.547. The number of hydrazine groups is 1. The monoisotopic (exact) mass is 434 g/mol. The van der Waals surface area contributed by atoms with Crippen molar-refractivity contribution in [2.45, 2.75) is 12.5 Å². The molecule has 0 aromatic heterocycles. The van der Waals surface area contributed by atoms with E-state index in [-0.39, 0.29) is 11.9 Å².